The molecule has 1 fully saturated rings. The molecule has 1 N–H and O–H groups in total. The van der Waals surface area contributed by atoms with Gasteiger partial charge in [-0.1, -0.05) is 0 Å². The molecule has 0 saturated carbocycles. The molecule has 1 aliphatic heterocycles. The third-order valence-corrected chi connectivity index (χ3v) is 6.18. The standard InChI is InChI=1S/C17H20F2N4O4S/c1-12-10-15(17(18)19)21-23(12)11-16(24)20-13-2-4-14(5-3-13)28(25,26)22-6-8-27-9-7-22/h2-5,10,17H,6-9,11H2,1H3,(H,20,24). The number of aromatic nitrogens is 2. The number of hydrogen-bond donors (Lipinski definition) is 1. The van der Waals surface area contributed by atoms with Crippen molar-refractivity contribution in [1.82, 2.24) is 14.1 Å². The summed E-state index contributed by atoms with van der Waals surface area (Å²) in [5, 5.41) is 6.30. The summed E-state index contributed by atoms with van der Waals surface area (Å²) >= 11 is 0. The lowest BCUT2D eigenvalue weighted by Crippen LogP contribution is -2.40. The summed E-state index contributed by atoms with van der Waals surface area (Å²) in [7, 11) is -3.61. The number of halogens is 2. The molecule has 1 aromatic heterocycles. The number of rotatable bonds is 6. The summed E-state index contributed by atoms with van der Waals surface area (Å²) in [5.41, 5.74) is 0.449. The Labute approximate surface area is 161 Å². The lowest BCUT2D eigenvalue weighted by Gasteiger charge is -2.26. The quantitative estimate of drug-likeness (QED) is 0.778. The molecule has 3 rings (SSSR count). The molecule has 0 unspecified atom stereocenters. The first kappa shape index (κ1) is 20.4. The Morgan fingerprint density at radius 1 is 1.25 bits per heavy atom. The summed E-state index contributed by atoms with van der Waals surface area (Å²) in [6, 6.07) is 7.00. The van der Waals surface area contributed by atoms with Crippen LogP contribution in [0.4, 0.5) is 14.5 Å². The van der Waals surface area contributed by atoms with Gasteiger partial charge in [0.1, 0.15) is 12.2 Å². The highest BCUT2D eigenvalue weighted by atomic mass is 32.2. The van der Waals surface area contributed by atoms with Crippen LogP contribution in [0.5, 0.6) is 0 Å². The van der Waals surface area contributed by atoms with E-state index in [1.165, 1.54) is 39.3 Å². The first-order valence-electron chi connectivity index (χ1n) is 8.57. The minimum Gasteiger partial charge on any atom is -0.379 e. The van der Waals surface area contributed by atoms with E-state index in [0.717, 1.165) is 0 Å². The summed E-state index contributed by atoms with van der Waals surface area (Å²) in [6.07, 6.45) is -2.70. The SMILES string of the molecule is Cc1cc(C(F)F)nn1CC(=O)Nc1ccc(S(=O)(=O)N2CCOCC2)cc1. The van der Waals surface area contributed by atoms with E-state index in [9.17, 15) is 22.0 Å². The maximum Gasteiger partial charge on any atom is 0.282 e. The summed E-state index contributed by atoms with van der Waals surface area (Å²) in [6.45, 7) is 2.65. The van der Waals surface area contributed by atoms with Crippen molar-refractivity contribution in [3.05, 3.63) is 41.7 Å². The van der Waals surface area contributed by atoms with Gasteiger partial charge in [-0.05, 0) is 37.3 Å². The van der Waals surface area contributed by atoms with Crippen molar-refractivity contribution in [3.63, 3.8) is 0 Å². The van der Waals surface area contributed by atoms with Gasteiger partial charge in [0.2, 0.25) is 15.9 Å². The Kier molecular flexibility index (Phi) is 6.06. The van der Waals surface area contributed by atoms with Crippen LogP contribution < -0.4 is 5.32 Å². The highest BCUT2D eigenvalue weighted by Gasteiger charge is 2.26. The number of anilines is 1. The van der Waals surface area contributed by atoms with Crippen LogP contribution in [0.15, 0.2) is 35.2 Å². The number of amides is 1. The van der Waals surface area contributed by atoms with Crippen molar-refractivity contribution < 1.29 is 26.7 Å². The summed E-state index contributed by atoms with van der Waals surface area (Å²) in [4.78, 5) is 12.3. The van der Waals surface area contributed by atoms with Crippen LogP contribution >= 0.6 is 0 Å². The molecule has 0 spiro atoms. The second-order valence-electron chi connectivity index (χ2n) is 6.26. The number of alkyl halides is 2. The van der Waals surface area contributed by atoms with Gasteiger partial charge < -0.3 is 10.1 Å². The monoisotopic (exact) mass is 414 g/mol. The molecule has 0 aliphatic carbocycles. The molecular weight excluding hydrogens is 394 g/mol. The molecule has 1 aliphatic rings. The van der Waals surface area contributed by atoms with Crippen LogP contribution in [0.3, 0.4) is 0 Å². The molecule has 28 heavy (non-hydrogen) atoms. The van der Waals surface area contributed by atoms with E-state index in [-0.39, 0.29) is 17.1 Å². The van der Waals surface area contributed by atoms with Crippen molar-refractivity contribution in [1.29, 1.82) is 0 Å². The third-order valence-electron chi connectivity index (χ3n) is 4.26. The predicted octanol–water partition coefficient (Wildman–Crippen LogP) is 1.79. The van der Waals surface area contributed by atoms with Gasteiger partial charge in [0.25, 0.3) is 6.43 Å². The predicted molar refractivity (Wildman–Crippen MR) is 96.6 cm³/mol. The first-order valence-corrected chi connectivity index (χ1v) is 10.0. The molecule has 152 valence electrons. The number of benzene rings is 1. The first-order chi connectivity index (χ1) is 13.3. The smallest absolute Gasteiger partial charge is 0.282 e. The van der Waals surface area contributed by atoms with E-state index >= 15 is 0 Å². The molecule has 1 aromatic carbocycles. The van der Waals surface area contributed by atoms with E-state index in [2.05, 4.69) is 10.4 Å². The normalized spacial score (nSPS) is 15.7. The Balaban J connectivity index is 1.64. The molecule has 11 heteroatoms. The average Bonchev–Trinajstić information content (AvgIpc) is 3.03. The van der Waals surface area contributed by atoms with Crippen LogP contribution in [0.1, 0.15) is 17.8 Å². The average molecular weight is 414 g/mol. The zero-order valence-corrected chi connectivity index (χ0v) is 16.0. The van der Waals surface area contributed by atoms with E-state index in [1.54, 1.807) is 6.92 Å². The third kappa shape index (κ3) is 4.54. The zero-order valence-electron chi connectivity index (χ0n) is 15.1. The highest BCUT2D eigenvalue weighted by molar-refractivity contribution is 7.89. The van der Waals surface area contributed by atoms with E-state index < -0.39 is 22.4 Å². The number of aryl methyl sites for hydroxylation is 1. The maximum atomic E-state index is 12.7. The molecule has 0 radical (unpaired) electrons. The van der Waals surface area contributed by atoms with Crippen molar-refractivity contribution in [2.24, 2.45) is 0 Å². The number of morpholine rings is 1. The fraction of sp³-hybridized carbons (Fsp3) is 0.412. The number of hydrogen-bond acceptors (Lipinski definition) is 5. The van der Waals surface area contributed by atoms with Crippen LogP contribution in [-0.4, -0.2) is 54.7 Å². The van der Waals surface area contributed by atoms with Gasteiger partial charge in [-0.2, -0.15) is 9.40 Å². The fourth-order valence-corrected chi connectivity index (χ4v) is 4.19. The molecule has 0 atom stereocenters. The molecule has 1 amide bonds. The molecule has 1 saturated heterocycles. The Bertz CT molecular complexity index is 939. The van der Waals surface area contributed by atoms with Gasteiger partial charge in [0.15, 0.2) is 0 Å². The highest BCUT2D eigenvalue weighted by Crippen LogP contribution is 2.20. The van der Waals surface area contributed by atoms with Crippen LogP contribution in [0, 0.1) is 6.92 Å². The largest absolute Gasteiger partial charge is 0.379 e. The number of ether oxygens (including phenoxy) is 1. The number of nitrogens with one attached hydrogen (secondary N) is 1. The second kappa shape index (κ2) is 8.33. The number of nitrogens with zero attached hydrogens (tertiary/aromatic N) is 3. The zero-order chi connectivity index (χ0) is 20.3. The molecular formula is C17H20F2N4O4S. The van der Waals surface area contributed by atoms with Gasteiger partial charge in [-0.15, -0.1) is 0 Å². The van der Waals surface area contributed by atoms with Crippen molar-refractivity contribution in [3.8, 4) is 0 Å². The maximum absolute atomic E-state index is 12.7. The summed E-state index contributed by atoms with van der Waals surface area (Å²) in [5.74, 6) is -0.462. The van der Waals surface area contributed by atoms with Gasteiger partial charge in [-0.25, -0.2) is 17.2 Å². The van der Waals surface area contributed by atoms with Crippen molar-refractivity contribution in [2.75, 3.05) is 31.6 Å². The van der Waals surface area contributed by atoms with Crippen LogP contribution in [0.25, 0.3) is 0 Å². The van der Waals surface area contributed by atoms with E-state index in [0.29, 0.717) is 37.7 Å². The van der Waals surface area contributed by atoms with E-state index in [4.69, 9.17) is 4.74 Å². The van der Waals surface area contributed by atoms with Crippen molar-refractivity contribution >= 4 is 21.6 Å². The molecule has 2 aromatic rings. The van der Waals surface area contributed by atoms with Crippen LogP contribution in [-0.2, 0) is 26.1 Å². The number of carbonyl (C=O) groups excluding carboxylic acids is 1. The van der Waals surface area contributed by atoms with Gasteiger partial charge in [0.05, 0.1) is 18.1 Å². The Morgan fingerprint density at radius 3 is 2.46 bits per heavy atom. The second-order valence-corrected chi connectivity index (χ2v) is 8.20. The molecule has 2 heterocycles. The van der Waals surface area contributed by atoms with Crippen LogP contribution in [0.2, 0.25) is 0 Å². The lowest BCUT2D eigenvalue weighted by atomic mass is 10.3. The van der Waals surface area contributed by atoms with Gasteiger partial charge in [0, 0.05) is 24.5 Å². The minimum atomic E-state index is -3.61. The van der Waals surface area contributed by atoms with E-state index in [1.807, 2.05) is 0 Å². The minimum absolute atomic E-state index is 0.122. The van der Waals surface area contributed by atoms with Gasteiger partial charge >= 0.3 is 0 Å². The number of sulfonamides is 1. The van der Waals surface area contributed by atoms with Crippen molar-refractivity contribution in [2.45, 2.75) is 24.8 Å². The molecule has 0 bridgehead atoms. The number of carbonyl (C=O) groups is 1. The Morgan fingerprint density at radius 2 is 1.89 bits per heavy atom. The topological polar surface area (TPSA) is 93.5 Å². The lowest BCUT2D eigenvalue weighted by molar-refractivity contribution is -0.117. The fourth-order valence-electron chi connectivity index (χ4n) is 2.79. The molecule has 8 nitrogen and oxygen atoms in total. The van der Waals surface area contributed by atoms with Gasteiger partial charge in [-0.3, -0.25) is 9.48 Å². The summed E-state index contributed by atoms with van der Waals surface area (Å²) < 4.78 is 58.2. The Hall–Kier alpha value is -2.37.